The molecular weight excluding hydrogens is 346 g/mol. The van der Waals surface area contributed by atoms with E-state index in [0.29, 0.717) is 0 Å². The first kappa shape index (κ1) is 14.7. The molecule has 19 heavy (non-hydrogen) atoms. The van der Waals surface area contributed by atoms with Crippen LogP contribution in [0.25, 0.3) is 0 Å². The fraction of sp³-hybridized carbons (Fsp3) is 0.231. The number of hydrogen-bond acceptors (Lipinski definition) is 3. The summed E-state index contributed by atoms with van der Waals surface area (Å²) in [5, 5.41) is 1.93. The summed E-state index contributed by atoms with van der Waals surface area (Å²) in [7, 11) is -3.49. The second kappa shape index (κ2) is 5.75. The quantitative estimate of drug-likeness (QED) is 0.900. The zero-order valence-electron chi connectivity index (χ0n) is 10.6. The van der Waals surface area contributed by atoms with Crippen molar-refractivity contribution in [3.8, 4) is 0 Å². The van der Waals surface area contributed by atoms with E-state index in [1.54, 1.807) is 18.2 Å². The molecule has 1 atom stereocenters. The minimum Gasteiger partial charge on any atom is -0.207 e. The van der Waals surface area contributed by atoms with E-state index in [1.807, 2.05) is 31.4 Å². The molecule has 0 aliphatic rings. The molecule has 0 radical (unpaired) electrons. The highest BCUT2D eigenvalue weighted by molar-refractivity contribution is 9.10. The smallest absolute Gasteiger partial charge is 0.207 e. The van der Waals surface area contributed by atoms with Crippen LogP contribution in [0.4, 0.5) is 0 Å². The van der Waals surface area contributed by atoms with Crippen LogP contribution in [0.1, 0.15) is 23.4 Å². The van der Waals surface area contributed by atoms with Gasteiger partial charge in [0.1, 0.15) is 0 Å². The number of benzene rings is 1. The lowest BCUT2D eigenvalue weighted by Crippen LogP contribution is -2.26. The molecule has 2 rings (SSSR count). The zero-order chi connectivity index (χ0) is 14.0. The van der Waals surface area contributed by atoms with Crippen molar-refractivity contribution in [3.63, 3.8) is 0 Å². The van der Waals surface area contributed by atoms with Crippen molar-refractivity contribution in [1.29, 1.82) is 0 Å². The fourth-order valence-corrected chi connectivity index (χ4v) is 4.04. The van der Waals surface area contributed by atoms with Crippen molar-refractivity contribution < 1.29 is 8.42 Å². The summed E-state index contributed by atoms with van der Waals surface area (Å²) in [5.74, 6) is 0. The SMILES string of the molecule is Cc1cc(S(=O)(=O)N[C@@H](C)c2cccs2)ccc1Br. The number of halogens is 1. The molecule has 1 aromatic heterocycles. The summed E-state index contributed by atoms with van der Waals surface area (Å²) >= 11 is 4.90. The summed E-state index contributed by atoms with van der Waals surface area (Å²) in [4.78, 5) is 1.29. The predicted octanol–water partition coefficient (Wildman–Crippen LogP) is 3.86. The lowest BCUT2D eigenvalue weighted by atomic mass is 10.2. The Hall–Kier alpha value is -0.690. The summed E-state index contributed by atoms with van der Waals surface area (Å²) in [5.41, 5.74) is 0.895. The van der Waals surface area contributed by atoms with Crippen LogP contribution < -0.4 is 4.72 Å². The van der Waals surface area contributed by atoms with E-state index in [0.717, 1.165) is 14.9 Å². The summed E-state index contributed by atoms with van der Waals surface area (Å²) in [6.07, 6.45) is 0. The molecule has 0 saturated heterocycles. The Morgan fingerprint density at radius 2 is 2.05 bits per heavy atom. The van der Waals surface area contributed by atoms with E-state index >= 15 is 0 Å². The average Bonchev–Trinajstić information content (AvgIpc) is 2.85. The number of thiophene rings is 1. The van der Waals surface area contributed by atoms with Crippen LogP contribution in [0.2, 0.25) is 0 Å². The van der Waals surface area contributed by atoms with E-state index in [2.05, 4.69) is 20.7 Å². The molecule has 0 saturated carbocycles. The maximum Gasteiger partial charge on any atom is 0.241 e. The molecule has 0 fully saturated rings. The highest BCUT2D eigenvalue weighted by atomic mass is 79.9. The van der Waals surface area contributed by atoms with Crippen molar-refractivity contribution >= 4 is 37.3 Å². The van der Waals surface area contributed by atoms with Crippen molar-refractivity contribution in [3.05, 3.63) is 50.6 Å². The molecule has 6 heteroatoms. The first-order valence-electron chi connectivity index (χ1n) is 5.72. The number of nitrogens with one attached hydrogen (secondary N) is 1. The van der Waals surface area contributed by atoms with Crippen LogP contribution in [0, 0.1) is 6.92 Å². The second-order valence-electron chi connectivity index (χ2n) is 4.27. The molecule has 1 heterocycles. The van der Waals surface area contributed by atoms with Gasteiger partial charge in [0, 0.05) is 9.35 Å². The van der Waals surface area contributed by atoms with Crippen LogP contribution >= 0.6 is 27.3 Å². The molecule has 1 N–H and O–H groups in total. The topological polar surface area (TPSA) is 46.2 Å². The molecule has 3 nitrogen and oxygen atoms in total. The fourth-order valence-electron chi connectivity index (χ4n) is 1.68. The van der Waals surface area contributed by atoms with Crippen LogP contribution in [0.5, 0.6) is 0 Å². The van der Waals surface area contributed by atoms with Gasteiger partial charge in [-0.25, -0.2) is 13.1 Å². The van der Waals surface area contributed by atoms with E-state index in [-0.39, 0.29) is 10.9 Å². The van der Waals surface area contributed by atoms with Gasteiger partial charge >= 0.3 is 0 Å². The van der Waals surface area contributed by atoms with Gasteiger partial charge in [-0.1, -0.05) is 22.0 Å². The Morgan fingerprint density at radius 1 is 1.32 bits per heavy atom. The van der Waals surface area contributed by atoms with E-state index in [4.69, 9.17) is 0 Å². The first-order chi connectivity index (χ1) is 8.90. The van der Waals surface area contributed by atoms with Crippen LogP contribution in [-0.2, 0) is 10.0 Å². The molecule has 0 aliphatic heterocycles. The van der Waals surface area contributed by atoms with Gasteiger partial charge < -0.3 is 0 Å². The van der Waals surface area contributed by atoms with Crippen LogP contribution in [0.3, 0.4) is 0 Å². The lowest BCUT2D eigenvalue weighted by molar-refractivity contribution is 0.568. The number of hydrogen-bond donors (Lipinski definition) is 1. The molecular formula is C13H14BrNO2S2. The highest BCUT2D eigenvalue weighted by Crippen LogP contribution is 2.23. The van der Waals surface area contributed by atoms with E-state index in [1.165, 1.54) is 11.3 Å². The van der Waals surface area contributed by atoms with Gasteiger partial charge in [-0.2, -0.15) is 0 Å². The minimum absolute atomic E-state index is 0.228. The molecule has 0 spiro atoms. The zero-order valence-corrected chi connectivity index (χ0v) is 13.8. The van der Waals surface area contributed by atoms with Crippen molar-refractivity contribution in [2.24, 2.45) is 0 Å². The van der Waals surface area contributed by atoms with Gasteiger partial charge in [-0.15, -0.1) is 11.3 Å². The lowest BCUT2D eigenvalue weighted by Gasteiger charge is -2.13. The third-order valence-corrected chi connectivity index (χ3v) is 6.22. The summed E-state index contributed by atoms with van der Waals surface area (Å²) < 4.78 is 28.1. The molecule has 0 amide bonds. The molecule has 102 valence electrons. The third-order valence-electron chi connectivity index (χ3n) is 2.74. The van der Waals surface area contributed by atoms with Crippen molar-refractivity contribution in [2.75, 3.05) is 0 Å². The van der Waals surface area contributed by atoms with Gasteiger partial charge in [0.25, 0.3) is 0 Å². The second-order valence-corrected chi connectivity index (χ2v) is 7.82. The Kier molecular flexibility index (Phi) is 4.45. The molecule has 2 aromatic rings. The minimum atomic E-state index is -3.49. The number of rotatable bonds is 4. The van der Waals surface area contributed by atoms with Gasteiger partial charge in [0.2, 0.25) is 10.0 Å². The summed E-state index contributed by atoms with van der Waals surface area (Å²) in [6, 6.07) is 8.61. The Balaban J connectivity index is 2.25. The Morgan fingerprint density at radius 3 is 2.63 bits per heavy atom. The summed E-state index contributed by atoms with van der Waals surface area (Å²) in [6.45, 7) is 3.71. The number of sulfonamides is 1. The molecule has 0 bridgehead atoms. The van der Waals surface area contributed by atoms with E-state index < -0.39 is 10.0 Å². The largest absolute Gasteiger partial charge is 0.241 e. The van der Waals surface area contributed by atoms with Crippen LogP contribution in [0.15, 0.2) is 45.1 Å². The van der Waals surface area contributed by atoms with Crippen LogP contribution in [-0.4, -0.2) is 8.42 Å². The molecule has 0 unspecified atom stereocenters. The van der Waals surface area contributed by atoms with Gasteiger partial charge in [-0.05, 0) is 49.1 Å². The van der Waals surface area contributed by atoms with Crippen molar-refractivity contribution in [2.45, 2.75) is 24.8 Å². The predicted molar refractivity (Wildman–Crippen MR) is 81.9 cm³/mol. The normalized spacial score (nSPS) is 13.4. The highest BCUT2D eigenvalue weighted by Gasteiger charge is 2.19. The van der Waals surface area contributed by atoms with Gasteiger partial charge in [0.05, 0.1) is 10.9 Å². The Bertz CT molecular complexity index is 666. The standard InChI is InChI=1S/C13H14BrNO2S2/c1-9-8-11(5-6-12(9)14)19(16,17)15-10(2)13-4-3-7-18-13/h3-8,10,15H,1-2H3/t10-/m0/s1. The van der Waals surface area contributed by atoms with Gasteiger partial charge in [0.15, 0.2) is 0 Å². The molecule has 0 aliphatic carbocycles. The van der Waals surface area contributed by atoms with Gasteiger partial charge in [-0.3, -0.25) is 0 Å². The molecule has 1 aromatic carbocycles. The average molecular weight is 360 g/mol. The van der Waals surface area contributed by atoms with E-state index in [9.17, 15) is 8.42 Å². The number of aryl methyl sites for hydroxylation is 1. The first-order valence-corrected chi connectivity index (χ1v) is 8.87. The van der Waals surface area contributed by atoms with Crippen molar-refractivity contribution in [1.82, 2.24) is 4.72 Å². The monoisotopic (exact) mass is 359 g/mol. The maximum atomic E-state index is 12.3. The maximum absolute atomic E-state index is 12.3. The Labute approximate surface area is 125 Å². The third kappa shape index (κ3) is 3.45.